The molecule has 1 saturated carbocycles. The van der Waals surface area contributed by atoms with E-state index < -0.39 is 0 Å². The molecule has 0 unspecified atom stereocenters. The molecular formula is C13H15N. The maximum Gasteiger partial charge on any atom is 0.0997 e. The number of hydrogen-bond donors (Lipinski definition) is 0. The SMILES string of the molecule is CC(C)c1cccc(C2CC2)c1C#N. The summed E-state index contributed by atoms with van der Waals surface area (Å²) >= 11 is 0. The standard InChI is InChI=1S/C13H15N/c1-9(2)11-4-3-5-12(10-6-7-10)13(11)8-14/h3-5,9-10H,6-7H2,1-2H3. The summed E-state index contributed by atoms with van der Waals surface area (Å²) in [5, 5.41) is 9.17. The third-order valence-corrected chi connectivity index (χ3v) is 2.88. The van der Waals surface area contributed by atoms with Crippen molar-refractivity contribution in [1.29, 1.82) is 5.26 Å². The molecule has 14 heavy (non-hydrogen) atoms. The highest BCUT2D eigenvalue weighted by atomic mass is 14.3. The second kappa shape index (κ2) is 3.46. The van der Waals surface area contributed by atoms with Crippen LogP contribution >= 0.6 is 0 Å². The Morgan fingerprint density at radius 3 is 2.57 bits per heavy atom. The van der Waals surface area contributed by atoms with Crippen LogP contribution in [0.3, 0.4) is 0 Å². The summed E-state index contributed by atoms with van der Waals surface area (Å²) in [4.78, 5) is 0. The van der Waals surface area contributed by atoms with E-state index in [0.29, 0.717) is 11.8 Å². The summed E-state index contributed by atoms with van der Waals surface area (Å²) in [5.74, 6) is 1.12. The zero-order valence-electron chi connectivity index (χ0n) is 8.75. The van der Waals surface area contributed by atoms with Crippen molar-refractivity contribution in [2.45, 2.75) is 38.5 Å². The first kappa shape index (κ1) is 9.27. The molecule has 0 spiro atoms. The molecule has 1 aliphatic carbocycles. The molecule has 0 aromatic heterocycles. The second-order valence-corrected chi connectivity index (χ2v) is 4.35. The fourth-order valence-electron chi connectivity index (χ4n) is 1.93. The predicted molar refractivity (Wildman–Crippen MR) is 57.2 cm³/mol. The molecule has 1 nitrogen and oxygen atoms in total. The Hall–Kier alpha value is -1.29. The lowest BCUT2D eigenvalue weighted by atomic mass is 9.92. The maximum atomic E-state index is 9.17. The molecular weight excluding hydrogens is 170 g/mol. The van der Waals surface area contributed by atoms with Gasteiger partial charge in [0.15, 0.2) is 0 Å². The molecule has 1 aromatic rings. The van der Waals surface area contributed by atoms with Gasteiger partial charge >= 0.3 is 0 Å². The Kier molecular flexibility index (Phi) is 2.29. The molecule has 0 bridgehead atoms. The molecule has 1 fully saturated rings. The second-order valence-electron chi connectivity index (χ2n) is 4.35. The average molecular weight is 185 g/mol. The first-order valence-electron chi connectivity index (χ1n) is 5.27. The van der Waals surface area contributed by atoms with Crippen molar-refractivity contribution < 1.29 is 0 Å². The van der Waals surface area contributed by atoms with Crippen molar-refractivity contribution in [2.75, 3.05) is 0 Å². The Morgan fingerprint density at radius 2 is 2.07 bits per heavy atom. The van der Waals surface area contributed by atoms with E-state index >= 15 is 0 Å². The fourth-order valence-corrected chi connectivity index (χ4v) is 1.93. The largest absolute Gasteiger partial charge is 0.192 e. The van der Waals surface area contributed by atoms with E-state index in [1.807, 2.05) is 0 Å². The van der Waals surface area contributed by atoms with Crippen molar-refractivity contribution in [3.8, 4) is 6.07 Å². The monoisotopic (exact) mass is 185 g/mol. The van der Waals surface area contributed by atoms with Crippen LogP contribution in [0, 0.1) is 11.3 Å². The Labute approximate surface area is 85.4 Å². The zero-order valence-corrected chi connectivity index (χ0v) is 8.75. The van der Waals surface area contributed by atoms with Crippen LogP contribution in [0.2, 0.25) is 0 Å². The van der Waals surface area contributed by atoms with Crippen molar-refractivity contribution >= 4 is 0 Å². The molecule has 0 radical (unpaired) electrons. The summed E-state index contributed by atoms with van der Waals surface area (Å²) in [6.45, 7) is 4.29. The molecule has 0 heterocycles. The van der Waals surface area contributed by atoms with Gasteiger partial charge < -0.3 is 0 Å². The highest BCUT2D eigenvalue weighted by Gasteiger charge is 2.27. The van der Waals surface area contributed by atoms with Gasteiger partial charge in [-0.3, -0.25) is 0 Å². The predicted octanol–water partition coefficient (Wildman–Crippen LogP) is 3.56. The Balaban J connectivity index is 2.51. The van der Waals surface area contributed by atoms with Crippen LogP contribution in [-0.4, -0.2) is 0 Å². The van der Waals surface area contributed by atoms with Gasteiger partial charge in [0.1, 0.15) is 0 Å². The van der Waals surface area contributed by atoms with Gasteiger partial charge in [0.25, 0.3) is 0 Å². The molecule has 0 saturated heterocycles. The minimum atomic E-state index is 0.448. The van der Waals surface area contributed by atoms with Gasteiger partial charge in [0.05, 0.1) is 11.6 Å². The van der Waals surface area contributed by atoms with E-state index in [9.17, 15) is 5.26 Å². The fraction of sp³-hybridized carbons (Fsp3) is 0.462. The minimum Gasteiger partial charge on any atom is -0.192 e. The van der Waals surface area contributed by atoms with Gasteiger partial charge in [0.2, 0.25) is 0 Å². The van der Waals surface area contributed by atoms with Gasteiger partial charge in [-0.1, -0.05) is 32.0 Å². The number of nitrogens with zero attached hydrogens (tertiary/aromatic N) is 1. The number of hydrogen-bond acceptors (Lipinski definition) is 1. The average Bonchev–Trinajstić information content (AvgIpc) is 2.99. The van der Waals surface area contributed by atoms with E-state index in [0.717, 1.165) is 5.56 Å². The summed E-state index contributed by atoms with van der Waals surface area (Å²) in [5.41, 5.74) is 3.42. The van der Waals surface area contributed by atoms with Crippen molar-refractivity contribution in [2.24, 2.45) is 0 Å². The lowest BCUT2D eigenvalue weighted by Gasteiger charge is -2.11. The van der Waals surface area contributed by atoms with Crippen LogP contribution in [0.4, 0.5) is 0 Å². The van der Waals surface area contributed by atoms with Gasteiger partial charge in [-0.15, -0.1) is 0 Å². The lowest BCUT2D eigenvalue weighted by Crippen LogP contribution is -1.96. The van der Waals surface area contributed by atoms with E-state index in [1.165, 1.54) is 24.0 Å². The Bertz CT molecular complexity index is 360. The van der Waals surface area contributed by atoms with Crippen LogP contribution in [0.1, 0.15) is 55.2 Å². The molecule has 0 atom stereocenters. The molecule has 2 rings (SSSR count). The third kappa shape index (κ3) is 1.53. The Morgan fingerprint density at radius 1 is 1.36 bits per heavy atom. The number of benzene rings is 1. The normalized spacial score (nSPS) is 15.6. The molecule has 72 valence electrons. The van der Waals surface area contributed by atoms with Crippen LogP contribution in [0.15, 0.2) is 18.2 Å². The molecule has 0 N–H and O–H groups in total. The molecule has 1 heteroatoms. The summed E-state index contributed by atoms with van der Waals surface area (Å²) in [6.07, 6.45) is 2.52. The van der Waals surface area contributed by atoms with E-state index in [1.54, 1.807) is 0 Å². The molecule has 0 amide bonds. The number of nitriles is 1. The van der Waals surface area contributed by atoms with E-state index in [2.05, 4.69) is 38.1 Å². The third-order valence-electron chi connectivity index (χ3n) is 2.88. The van der Waals surface area contributed by atoms with Crippen molar-refractivity contribution in [1.82, 2.24) is 0 Å². The lowest BCUT2D eigenvalue weighted by molar-refractivity contribution is 0.857. The van der Waals surface area contributed by atoms with Gasteiger partial charge in [-0.05, 0) is 35.8 Å². The first-order chi connectivity index (χ1) is 6.74. The first-order valence-corrected chi connectivity index (χ1v) is 5.27. The van der Waals surface area contributed by atoms with Crippen LogP contribution in [0.25, 0.3) is 0 Å². The quantitative estimate of drug-likeness (QED) is 0.691. The maximum absolute atomic E-state index is 9.17. The summed E-state index contributed by atoms with van der Waals surface area (Å²) in [7, 11) is 0. The smallest absolute Gasteiger partial charge is 0.0997 e. The molecule has 1 aromatic carbocycles. The van der Waals surface area contributed by atoms with Gasteiger partial charge in [-0.2, -0.15) is 5.26 Å². The summed E-state index contributed by atoms with van der Waals surface area (Å²) in [6, 6.07) is 8.65. The van der Waals surface area contributed by atoms with E-state index in [-0.39, 0.29) is 0 Å². The zero-order chi connectivity index (χ0) is 10.1. The van der Waals surface area contributed by atoms with Gasteiger partial charge in [0, 0.05) is 0 Å². The highest BCUT2D eigenvalue weighted by molar-refractivity contribution is 5.48. The van der Waals surface area contributed by atoms with Crippen molar-refractivity contribution in [3.05, 3.63) is 34.9 Å². The van der Waals surface area contributed by atoms with Crippen LogP contribution in [0.5, 0.6) is 0 Å². The number of rotatable bonds is 2. The van der Waals surface area contributed by atoms with Crippen LogP contribution in [-0.2, 0) is 0 Å². The molecule has 1 aliphatic rings. The van der Waals surface area contributed by atoms with E-state index in [4.69, 9.17) is 0 Å². The minimum absolute atomic E-state index is 0.448. The summed E-state index contributed by atoms with van der Waals surface area (Å²) < 4.78 is 0. The molecule has 0 aliphatic heterocycles. The highest BCUT2D eigenvalue weighted by Crippen LogP contribution is 2.42. The van der Waals surface area contributed by atoms with Crippen LogP contribution < -0.4 is 0 Å². The van der Waals surface area contributed by atoms with Gasteiger partial charge in [-0.25, -0.2) is 0 Å². The van der Waals surface area contributed by atoms with Crippen molar-refractivity contribution in [3.63, 3.8) is 0 Å². The topological polar surface area (TPSA) is 23.8 Å².